The van der Waals surface area contributed by atoms with Gasteiger partial charge in [-0.2, -0.15) is 0 Å². The Balaban J connectivity index is 1.85. The Hall–Kier alpha value is -1.71. The Morgan fingerprint density at radius 1 is 1.12 bits per heavy atom. The van der Waals surface area contributed by atoms with Gasteiger partial charge in [0.2, 0.25) is 0 Å². The predicted molar refractivity (Wildman–Crippen MR) is 99.2 cm³/mol. The van der Waals surface area contributed by atoms with E-state index in [1.807, 2.05) is 50.2 Å². The van der Waals surface area contributed by atoms with Gasteiger partial charge in [0.1, 0.15) is 5.75 Å². The average molecular weight is 366 g/mol. The molecule has 2 aromatic carbocycles. The zero-order chi connectivity index (χ0) is 17.7. The monoisotopic (exact) mass is 365 g/mol. The molecule has 3 nitrogen and oxygen atoms in total. The SMILES string of the molecule is Cc1cc(O[C@H](C)C(=O)NCCc2ccc(Cl)cc2)cc(C)c1Cl. The average Bonchev–Trinajstić information content (AvgIpc) is 2.54. The summed E-state index contributed by atoms with van der Waals surface area (Å²) in [5.41, 5.74) is 2.99. The molecule has 5 heteroatoms. The molecule has 0 aliphatic carbocycles. The maximum absolute atomic E-state index is 12.1. The van der Waals surface area contributed by atoms with E-state index in [-0.39, 0.29) is 5.91 Å². The lowest BCUT2D eigenvalue weighted by Gasteiger charge is -2.16. The molecule has 0 unspecified atom stereocenters. The second kappa shape index (κ2) is 8.41. The lowest BCUT2D eigenvalue weighted by molar-refractivity contribution is -0.127. The fraction of sp³-hybridized carbons (Fsp3) is 0.316. The first-order valence-corrected chi connectivity index (χ1v) is 8.58. The van der Waals surface area contributed by atoms with Gasteiger partial charge in [0.15, 0.2) is 6.10 Å². The van der Waals surface area contributed by atoms with Gasteiger partial charge in [-0.25, -0.2) is 0 Å². The fourth-order valence-corrected chi connectivity index (χ4v) is 2.59. The van der Waals surface area contributed by atoms with Crippen LogP contribution in [-0.4, -0.2) is 18.6 Å². The van der Waals surface area contributed by atoms with E-state index in [4.69, 9.17) is 27.9 Å². The highest BCUT2D eigenvalue weighted by atomic mass is 35.5. The Morgan fingerprint density at radius 2 is 1.71 bits per heavy atom. The van der Waals surface area contributed by atoms with Gasteiger partial charge in [0, 0.05) is 16.6 Å². The zero-order valence-electron chi connectivity index (χ0n) is 14.0. The van der Waals surface area contributed by atoms with Crippen molar-refractivity contribution in [1.29, 1.82) is 0 Å². The van der Waals surface area contributed by atoms with Crippen LogP contribution in [0.25, 0.3) is 0 Å². The van der Waals surface area contributed by atoms with Crippen LogP contribution in [0.5, 0.6) is 5.75 Å². The molecule has 1 amide bonds. The van der Waals surface area contributed by atoms with Gasteiger partial charge in [0.25, 0.3) is 5.91 Å². The molecule has 24 heavy (non-hydrogen) atoms. The van der Waals surface area contributed by atoms with Crippen molar-refractivity contribution in [2.24, 2.45) is 0 Å². The third-order valence-electron chi connectivity index (χ3n) is 3.72. The van der Waals surface area contributed by atoms with E-state index in [1.165, 1.54) is 0 Å². The standard InChI is InChI=1S/C19H21Cl2NO2/c1-12-10-17(11-13(2)18(12)21)24-14(3)19(23)22-9-8-15-4-6-16(20)7-5-15/h4-7,10-11,14H,8-9H2,1-3H3,(H,22,23)/t14-/m1/s1. The van der Waals surface area contributed by atoms with Gasteiger partial charge >= 0.3 is 0 Å². The number of amides is 1. The Labute approximate surface area is 152 Å². The Morgan fingerprint density at radius 3 is 2.29 bits per heavy atom. The molecule has 0 fully saturated rings. The van der Waals surface area contributed by atoms with Crippen molar-refractivity contribution in [3.8, 4) is 5.75 Å². The smallest absolute Gasteiger partial charge is 0.260 e. The molecule has 1 atom stereocenters. The summed E-state index contributed by atoms with van der Waals surface area (Å²) in [4.78, 5) is 12.1. The number of ether oxygens (including phenoxy) is 1. The van der Waals surface area contributed by atoms with Crippen LogP contribution in [0, 0.1) is 13.8 Å². The molecule has 1 N–H and O–H groups in total. The second-order valence-corrected chi connectivity index (χ2v) is 6.61. The minimum Gasteiger partial charge on any atom is -0.481 e. The lowest BCUT2D eigenvalue weighted by Crippen LogP contribution is -2.37. The summed E-state index contributed by atoms with van der Waals surface area (Å²) in [5, 5.41) is 4.31. The summed E-state index contributed by atoms with van der Waals surface area (Å²) in [6, 6.07) is 11.3. The Kier molecular flexibility index (Phi) is 6.52. The molecule has 128 valence electrons. The van der Waals surface area contributed by atoms with Crippen LogP contribution in [0.4, 0.5) is 0 Å². The number of halogens is 2. The molecular formula is C19H21Cl2NO2. The van der Waals surface area contributed by atoms with E-state index in [0.717, 1.165) is 28.1 Å². The van der Waals surface area contributed by atoms with Crippen molar-refractivity contribution >= 4 is 29.1 Å². The van der Waals surface area contributed by atoms with Crippen LogP contribution in [0.1, 0.15) is 23.6 Å². The summed E-state index contributed by atoms with van der Waals surface area (Å²) in [6.45, 7) is 6.11. The fourth-order valence-electron chi connectivity index (χ4n) is 2.36. The molecular weight excluding hydrogens is 345 g/mol. The normalized spacial score (nSPS) is 11.9. The molecule has 0 bridgehead atoms. The van der Waals surface area contributed by atoms with E-state index < -0.39 is 6.10 Å². The highest BCUT2D eigenvalue weighted by molar-refractivity contribution is 6.32. The lowest BCUT2D eigenvalue weighted by atomic mass is 10.1. The summed E-state index contributed by atoms with van der Waals surface area (Å²) >= 11 is 12.0. The number of nitrogens with one attached hydrogen (secondary N) is 1. The first kappa shape index (κ1) is 18.6. The number of hydrogen-bond donors (Lipinski definition) is 1. The van der Waals surface area contributed by atoms with Crippen molar-refractivity contribution in [3.05, 3.63) is 63.1 Å². The van der Waals surface area contributed by atoms with Crippen LogP contribution < -0.4 is 10.1 Å². The molecule has 0 saturated carbocycles. The highest BCUT2D eigenvalue weighted by Gasteiger charge is 2.15. The third kappa shape index (κ3) is 5.15. The number of benzene rings is 2. The van der Waals surface area contributed by atoms with Crippen LogP contribution >= 0.6 is 23.2 Å². The molecule has 2 rings (SSSR count). The van der Waals surface area contributed by atoms with E-state index in [9.17, 15) is 4.79 Å². The second-order valence-electron chi connectivity index (χ2n) is 5.80. The van der Waals surface area contributed by atoms with Crippen molar-refractivity contribution in [1.82, 2.24) is 5.32 Å². The van der Waals surface area contributed by atoms with Crippen molar-refractivity contribution < 1.29 is 9.53 Å². The van der Waals surface area contributed by atoms with Crippen LogP contribution in [-0.2, 0) is 11.2 Å². The van der Waals surface area contributed by atoms with Gasteiger partial charge in [-0.05, 0) is 68.1 Å². The summed E-state index contributed by atoms with van der Waals surface area (Å²) in [5.74, 6) is 0.504. The molecule has 0 radical (unpaired) electrons. The minimum absolute atomic E-state index is 0.144. The van der Waals surface area contributed by atoms with Crippen LogP contribution in [0.15, 0.2) is 36.4 Å². The number of hydrogen-bond acceptors (Lipinski definition) is 2. The predicted octanol–water partition coefficient (Wildman–Crippen LogP) is 4.74. The molecule has 2 aromatic rings. The molecule has 0 heterocycles. The summed E-state index contributed by atoms with van der Waals surface area (Å²) in [7, 11) is 0. The van der Waals surface area contributed by atoms with Crippen molar-refractivity contribution in [2.45, 2.75) is 33.3 Å². The molecule has 0 aromatic heterocycles. The minimum atomic E-state index is -0.574. The van der Waals surface area contributed by atoms with E-state index in [1.54, 1.807) is 6.92 Å². The zero-order valence-corrected chi connectivity index (χ0v) is 15.5. The van der Waals surface area contributed by atoms with Crippen LogP contribution in [0.3, 0.4) is 0 Å². The maximum atomic E-state index is 12.1. The van der Waals surface area contributed by atoms with Gasteiger partial charge in [-0.15, -0.1) is 0 Å². The quantitative estimate of drug-likeness (QED) is 0.802. The van der Waals surface area contributed by atoms with E-state index in [0.29, 0.717) is 17.3 Å². The first-order valence-electron chi connectivity index (χ1n) is 7.82. The summed E-state index contributed by atoms with van der Waals surface area (Å²) in [6.07, 6.45) is 0.171. The van der Waals surface area contributed by atoms with Gasteiger partial charge in [-0.1, -0.05) is 35.3 Å². The largest absolute Gasteiger partial charge is 0.481 e. The number of rotatable bonds is 6. The number of carbonyl (C=O) groups excluding carboxylic acids is 1. The number of carbonyl (C=O) groups is 1. The van der Waals surface area contributed by atoms with Crippen molar-refractivity contribution in [2.75, 3.05) is 6.54 Å². The first-order chi connectivity index (χ1) is 11.4. The Bertz CT molecular complexity index is 691. The van der Waals surface area contributed by atoms with Crippen molar-refractivity contribution in [3.63, 3.8) is 0 Å². The highest BCUT2D eigenvalue weighted by Crippen LogP contribution is 2.26. The van der Waals surface area contributed by atoms with Crippen LogP contribution in [0.2, 0.25) is 10.0 Å². The molecule has 0 aliphatic rings. The molecule has 0 spiro atoms. The van der Waals surface area contributed by atoms with E-state index >= 15 is 0 Å². The molecule has 0 aliphatic heterocycles. The molecule has 0 saturated heterocycles. The van der Waals surface area contributed by atoms with Gasteiger partial charge < -0.3 is 10.1 Å². The van der Waals surface area contributed by atoms with E-state index in [2.05, 4.69) is 5.32 Å². The topological polar surface area (TPSA) is 38.3 Å². The van der Waals surface area contributed by atoms with Gasteiger partial charge in [0.05, 0.1) is 0 Å². The third-order valence-corrected chi connectivity index (χ3v) is 4.57. The summed E-state index contributed by atoms with van der Waals surface area (Å²) < 4.78 is 5.72. The maximum Gasteiger partial charge on any atom is 0.260 e. The number of aryl methyl sites for hydroxylation is 2. The van der Waals surface area contributed by atoms with Gasteiger partial charge in [-0.3, -0.25) is 4.79 Å².